The van der Waals surface area contributed by atoms with E-state index in [1.807, 2.05) is 13.8 Å². The van der Waals surface area contributed by atoms with Crippen molar-refractivity contribution in [3.63, 3.8) is 0 Å². The highest BCUT2D eigenvalue weighted by Gasteiger charge is 2.34. The van der Waals surface area contributed by atoms with Crippen molar-refractivity contribution >= 4 is 31.2 Å². The van der Waals surface area contributed by atoms with E-state index in [0.29, 0.717) is 19.5 Å². The van der Waals surface area contributed by atoms with E-state index >= 15 is 0 Å². The highest BCUT2D eigenvalue weighted by Crippen LogP contribution is 2.32. The van der Waals surface area contributed by atoms with Crippen LogP contribution >= 0.6 is 0 Å². The first-order valence-corrected chi connectivity index (χ1v) is 13.5. The average Bonchev–Trinajstić information content (AvgIpc) is 3.26. The number of piperazine rings is 1. The molecule has 11 nitrogen and oxygen atoms in total. The third-order valence-corrected chi connectivity index (χ3v) is 9.71. The molecule has 2 fully saturated rings. The van der Waals surface area contributed by atoms with Crippen molar-refractivity contribution in [2.24, 2.45) is 0 Å². The minimum atomic E-state index is -3.85. The molecule has 1 unspecified atom stereocenters. The second-order valence-corrected chi connectivity index (χ2v) is 12.3. The van der Waals surface area contributed by atoms with Crippen LogP contribution in [-0.2, 0) is 19.9 Å². The molecule has 4 rings (SSSR count). The van der Waals surface area contributed by atoms with Crippen molar-refractivity contribution in [1.29, 1.82) is 0 Å². The SMILES string of the molecule is Cc1nn(C2CCS(=O)(=O)C2)c(C)c1N1CCN(S(=O)(=O)c2cccc([N+](=O)[O-])c2)CC1. The van der Waals surface area contributed by atoms with Crippen LogP contribution in [0.25, 0.3) is 0 Å². The molecule has 32 heavy (non-hydrogen) atoms. The molecule has 2 saturated heterocycles. The fourth-order valence-electron chi connectivity index (χ4n) is 4.49. The van der Waals surface area contributed by atoms with Crippen LogP contribution in [0, 0.1) is 24.0 Å². The standard InChI is InChI=1S/C19H25N5O6S2/c1-14-19(15(2)23(20-14)17-6-11-31(27,28)13-17)21-7-9-22(10-8-21)32(29,30)18-5-3-4-16(12-18)24(25)26/h3-5,12,17H,6-11,13H2,1-2H3. The van der Waals surface area contributed by atoms with Gasteiger partial charge in [0.05, 0.1) is 44.4 Å². The molecular weight excluding hydrogens is 458 g/mol. The Balaban J connectivity index is 1.51. The number of hydrogen-bond acceptors (Lipinski definition) is 8. The molecular formula is C19H25N5O6S2. The van der Waals surface area contributed by atoms with Crippen LogP contribution in [0.1, 0.15) is 23.9 Å². The molecule has 13 heteroatoms. The van der Waals surface area contributed by atoms with E-state index in [1.165, 1.54) is 22.5 Å². The van der Waals surface area contributed by atoms with Gasteiger partial charge in [0.1, 0.15) is 0 Å². The Morgan fingerprint density at radius 2 is 1.84 bits per heavy atom. The lowest BCUT2D eigenvalue weighted by Crippen LogP contribution is -2.49. The Kier molecular flexibility index (Phi) is 5.75. The van der Waals surface area contributed by atoms with E-state index in [9.17, 15) is 26.9 Å². The molecule has 0 radical (unpaired) electrons. The number of rotatable bonds is 5. The van der Waals surface area contributed by atoms with Crippen LogP contribution in [0.5, 0.6) is 0 Å². The smallest absolute Gasteiger partial charge is 0.270 e. The number of aryl methyl sites for hydroxylation is 1. The molecule has 1 aromatic heterocycles. The third-order valence-electron chi connectivity index (χ3n) is 6.06. The summed E-state index contributed by atoms with van der Waals surface area (Å²) in [5.41, 5.74) is 2.29. The van der Waals surface area contributed by atoms with Gasteiger partial charge in [0.25, 0.3) is 5.69 Å². The fraction of sp³-hybridized carbons (Fsp3) is 0.526. The number of anilines is 1. The van der Waals surface area contributed by atoms with Crippen LogP contribution in [0.4, 0.5) is 11.4 Å². The quantitative estimate of drug-likeness (QED) is 0.458. The highest BCUT2D eigenvalue weighted by molar-refractivity contribution is 7.91. The molecule has 0 saturated carbocycles. The van der Waals surface area contributed by atoms with Crippen molar-refractivity contribution in [3.05, 3.63) is 45.8 Å². The number of aromatic nitrogens is 2. The van der Waals surface area contributed by atoms with Crippen molar-refractivity contribution in [3.8, 4) is 0 Å². The van der Waals surface area contributed by atoms with Gasteiger partial charge in [0.15, 0.2) is 9.84 Å². The predicted octanol–water partition coefficient (Wildman–Crippen LogP) is 1.28. The summed E-state index contributed by atoms with van der Waals surface area (Å²) in [6, 6.07) is 4.89. The van der Waals surface area contributed by atoms with Gasteiger partial charge in [-0.05, 0) is 26.3 Å². The van der Waals surface area contributed by atoms with Crippen molar-refractivity contribution in [2.45, 2.75) is 31.2 Å². The number of sulfone groups is 1. The lowest BCUT2D eigenvalue weighted by atomic mass is 10.2. The second-order valence-electron chi connectivity index (χ2n) is 8.17. The van der Waals surface area contributed by atoms with Crippen LogP contribution in [-0.4, -0.2) is 73.5 Å². The van der Waals surface area contributed by atoms with Crippen LogP contribution in [0.3, 0.4) is 0 Å². The first kappa shape index (κ1) is 22.7. The molecule has 2 aliphatic heterocycles. The lowest BCUT2D eigenvalue weighted by Gasteiger charge is -2.35. The van der Waals surface area contributed by atoms with Gasteiger partial charge in [-0.2, -0.15) is 9.40 Å². The van der Waals surface area contributed by atoms with Crippen molar-refractivity contribution < 1.29 is 21.8 Å². The Morgan fingerprint density at radius 1 is 1.16 bits per heavy atom. The van der Waals surface area contributed by atoms with Gasteiger partial charge < -0.3 is 4.90 Å². The second kappa shape index (κ2) is 8.12. The number of nitrogens with zero attached hydrogens (tertiary/aromatic N) is 5. The predicted molar refractivity (Wildman–Crippen MR) is 118 cm³/mol. The zero-order valence-electron chi connectivity index (χ0n) is 17.8. The molecule has 0 spiro atoms. The first-order chi connectivity index (χ1) is 15.0. The van der Waals surface area contributed by atoms with Gasteiger partial charge in [-0.3, -0.25) is 14.8 Å². The van der Waals surface area contributed by atoms with Gasteiger partial charge >= 0.3 is 0 Å². The van der Waals surface area contributed by atoms with Gasteiger partial charge in [0.2, 0.25) is 10.0 Å². The van der Waals surface area contributed by atoms with Crippen LogP contribution in [0.2, 0.25) is 0 Å². The molecule has 1 aromatic carbocycles. The fourth-order valence-corrected chi connectivity index (χ4v) is 7.65. The van der Waals surface area contributed by atoms with Crippen molar-refractivity contribution in [1.82, 2.24) is 14.1 Å². The van der Waals surface area contributed by atoms with E-state index in [2.05, 4.69) is 10.00 Å². The van der Waals surface area contributed by atoms with Gasteiger partial charge in [-0.1, -0.05) is 6.07 Å². The Hall–Kier alpha value is -2.51. The zero-order chi connectivity index (χ0) is 23.3. The summed E-state index contributed by atoms with van der Waals surface area (Å²) in [4.78, 5) is 12.4. The summed E-state index contributed by atoms with van der Waals surface area (Å²) in [7, 11) is -6.89. The Morgan fingerprint density at radius 3 is 2.44 bits per heavy atom. The van der Waals surface area contributed by atoms with Crippen LogP contribution < -0.4 is 4.90 Å². The number of nitro benzene ring substituents is 1. The summed E-state index contributed by atoms with van der Waals surface area (Å²) < 4.78 is 52.9. The maximum Gasteiger partial charge on any atom is 0.270 e. The number of sulfonamides is 1. The average molecular weight is 484 g/mol. The largest absolute Gasteiger partial charge is 0.366 e. The van der Waals surface area contributed by atoms with E-state index < -0.39 is 24.8 Å². The van der Waals surface area contributed by atoms with Gasteiger partial charge in [-0.25, -0.2) is 16.8 Å². The number of non-ortho nitro benzene ring substituents is 1. The topological polar surface area (TPSA) is 136 Å². The molecule has 2 aliphatic rings. The molecule has 174 valence electrons. The Labute approximate surface area is 186 Å². The van der Waals surface area contributed by atoms with E-state index in [4.69, 9.17) is 0 Å². The molecule has 3 heterocycles. The van der Waals surface area contributed by atoms with Gasteiger partial charge in [-0.15, -0.1) is 0 Å². The summed E-state index contributed by atoms with van der Waals surface area (Å²) in [6.45, 7) is 5.11. The van der Waals surface area contributed by atoms with Gasteiger partial charge in [0, 0.05) is 38.3 Å². The number of benzene rings is 1. The molecule has 1 atom stereocenters. The summed E-state index contributed by atoms with van der Waals surface area (Å²) in [5, 5.41) is 15.6. The van der Waals surface area contributed by atoms with Crippen molar-refractivity contribution in [2.75, 3.05) is 42.6 Å². The normalized spacial score (nSPS) is 21.7. The molecule has 0 N–H and O–H groups in total. The monoisotopic (exact) mass is 483 g/mol. The minimum Gasteiger partial charge on any atom is -0.366 e. The first-order valence-electron chi connectivity index (χ1n) is 10.3. The molecule has 0 amide bonds. The summed E-state index contributed by atoms with van der Waals surface area (Å²) in [5.74, 6) is 0.253. The maximum absolute atomic E-state index is 13.0. The lowest BCUT2D eigenvalue weighted by molar-refractivity contribution is -0.385. The number of nitro groups is 1. The Bertz CT molecular complexity index is 1260. The summed E-state index contributed by atoms with van der Waals surface area (Å²) >= 11 is 0. The molecule has 0 aliphatic carbocycles. The number of hydrogen-bond donors (Lipinski definition) is 0. The van der Waals surface area contributed by atoms with E-state index in [0.717, 1.165) is 23.1 Å². The van der Waals surface area contributed by atoms with Crippen LogP contribution in [0.15, 0.2) is 29.2 Å². The van der Waals surface area contributed by atoms with E-state index in [-0.39, 0.29) is 41.2 Å². The molecule has 2 aromatic rings. The van der Waals surface area contributed by atoms with E-state index in [1.54, 1.807) is 4.68 Å². The molecule has 0 bridgehead atoms. The summed E-state index contributed by atoms with van der Waals surface area (Å²) in [6.07, 6.45) is 0.541. The highest BCUT2D eigenvalue weighted by atomic mass is 32.2. The zero-order valence-corrected chi connectivity index (χ0v) is 19.5. The minimum absolute atomic E-state index is 0.0869. The third kappa shape index (κ3) is 4.11. The maximum atomic E-state index is 13.0.